The van der Waals surface area contributed by atoms with Gasteiger partial charge in [-0.05, 0) is 33.6 Å². The maximum Gasteiger partial charge on any atom is 0.191 e. The first-order chi connectivity index (χ1) is 8.77. The number of nitrogens with zero attached hydrogens (tertiary/aromatic N) is 3. The highest BCUT2D eigenvalue weighted by molar-refractivity contribution is 5.79. The summed E-state index contributed by atoms with van der Waals surface area (Å²) in [5, 5.41) is 6.44. The van der Waals surface area contributed by atoms with Gasteiger partial charge in [0.15, 0.2) is 5.96 Å². The van der Waals surface area contributed by atoms with Gasteiger partial charge in [0, 0.05) is 38.6 Å². The van der Waals surface area contributed by atoms with Crippen LogP contribution >= 0.6 is 0 Å². The number of hydrogen-bond acceptors (Lipinski definition) is 2. The summed E-state index contributed by atoms with van der Waals surface area (Å²) in [4.78, 5) is 8.72. The van der Waals surface area contributed by atoms with E-state index in [1.807, 2.05) is 19.3 Å². The molecule has 0 aliphatic carbocycles. The smallest absolute Gasteiger partial charge is 0.191 e. The zero-order valence-electron chi connectivity index (χ0n) is 11.7. The monoisotopic (exact) mass is 251 g/mol. The fourth-order valence-electron chi connectivity index (χ4n) is 1.73. The molecule has 0 amide bonds. The van der Waals surface area contributed by atoms with Gasteiger partial charge in [0.25, 0.3) is 0 Å². The lowest BCUT2D eigenvalue weighted by atomic mass is 10.3. The first-order valence-corrected chi connectivity index (χ1v) is 6.77. The van der Waals surface area contributed by atoms with Crippen LogP contribution in [0.15, 0.2) is 17.4 Å². The molecule has 0 fully saturated rings. The Hall–Kier alpha value is -1.52. The summed E-state index contributed by atoms with van der Waals surface area (Å²) in [6, 6.07) is 0. The molecular weight excluding hydrogens is 226 g/mol. The van der Waals surface area contributed by atoms with Crippen molar-refractivity contribution >= 4 is 5.96 Å². The molecule has 0 atom stereocenters. The fourth-order valence-corrected chi connectivity index (χ4v) is 1.73. The van der Waals surface area contributed by atoms with Gasteiger partial charge < -0.3 is 15.2 Å². The molecule has 5 nitrogen and oxygen atoms in total. The summed E-state index contributed by atoms with van der Waals surface area (Å²) in [5.74, 6) is 2.00. The highest BCUT2D eigenvalue weighted by Crippen LogP contribution is 1.99. The number of aryl methyl sites for hydroxylation is 2. The quantitative estimate of drug-likeness (QED) is 0.439. The molecule has 2 N–H and O–H groups in total. The maximum absolute atomic E-state index is 4.51. The van der Waals surface area contributed by atoms with E-state index in [4.69, 9.17) is 0 Å². The number of unbranched alkanes of at least 4 members (excludes halogenated alkanes) is 1. The van der Waals surface area contributed by atoms with Crippen LogP contribution in [0, 0.1) is 6.92 Å². The second-order valence-corrected chi connectivity index (χ2v) is 4.17. The second kappa shape index (κ2) is 8.55. The predicted molar refractivity (Wildman–Crippen MR) is 75.9 cm³/mol. The third-order valence-electron chi connectivity index (χ3n) is 2.69. The Morgan fingerprint density at radius 2 is 2.00 bits per heavy atom. The Morgan fingerprint density at radius 1 is 1.28 bits per heavy atom. The first-order valence-electron chi connectivity index (χ1n) is 6.77. The van der Waals surface area contributed by atoms with Gasteiger partial charge in [0.05, 0.1) is 0 Å². The molecule has 0 spiro atoms. The van der Waals surface area contributed by atoms with Gasteiger partial charge in [-0.3, -0.25) is 4.99 Å². The largest absolute Gasteiger partial charge is 0.357 e. The third kappa shape index (κ3) is 5.21. The molecule has 0 aromatic carbocycles. The molecule has 5 heteroatoms. The van der Waals surface area contributed by atoms with Crippen LogP contribution in [0.25, 0.3) is 0 Å². The van der Waals surface area contributed by atoms with Crippen molar-refractivity contribution in [3.8, 4) is 0 Å². The molecule has 1 aromatic heterocycles. The van der Waals surface area contributed by atoms with E-state index in [1.54, 1.807) is 0 Å². The van der Waals surface area contributed by atoms with Gasteiger partial charge in [-0.25, -0.2) is 4.98 Å². The van der Waals surface area contributed by atoms with Crippen LogP contribution in [0.5, 0.6) is 0 Å². The minimum Gasteiger partial charge on any atom is -0.357 e. The van der Waals surface area contributed by atoms with Gasteiger partial charge in [0.1, 0.15) is 5.82 Å². The van der Waals surface area contributed by atoms with Crippen molar-refractivity contribution in [3.05, 3.63) is 18.2 Å². The van der Waals surface area contributed by atoms with Crippen LogP contribution in [0.4, 0.5) is 0 Å². The van der Waals surface area contributed by atoms with Crippen LogP contribution < -0.4 is 10.6 Å². The number of aliphatic imine (C=N–C) groups is 1. The molecule has 0 aliphatic heterocycles. The lowest BCUT2D eigenvalue weighted by Gasteiger charge is -2.09. The molecule has 0 unspecified atom stereocenters. The van der Waals surface area contributed by atoms with Crippen LogP contribution in [0.1, 0.15) is 32.5 Å². The summed E-state index contributed by atoms with van der Waals surface area (Å²) in [6.45, 7) is 9.89. The number of imidazole rings is 1. The average molecular weight is 251 g/mol. The Balaban J connectivity index is 2.20. The van der Waals surface area contributed by atoms with Gasteiger partial charge in [0.2, 0.25) is 0 Å². The van der Waals surface area contributed by atoms with Crippen molar-refractivity contribution in [3.63, 3.8) is 0 Å². The molecule has 0 saturated heterocycles. The minimum atomic E-state index is 0.864. The summed E-state index contributed by atoms with van der Waals surface area (Å²) in [6.07, 6.45) is 6.10. The molecule has 0 radical (unpaired) electrons. The average Bonchev–Trinajstić information content (AvgIpc) is 2.75. The number of rotatable bonds is 7. The van der Waals surface area contributed by atoms with Crippen molar-refractivity contribution in [1.82, 2.24) is 20.2 Å². The van der Waals surface area contributed by atoms with Gasteiger partial charge in [-0.2, -0.15) is 0 Å². The molecule has 1 rings (SSSR count). The van der Waals surface area contributed by atoms with Gasteiger partial charge >= 0.3 is 0 Å². The van der Waals surface area contributed by atoms with Crippen molar-refractivity contribution in [2.45, 2.75) is 40.2 Å². The van der Waals surface area contributed by atoms with E-state index < -0.39 is 0 Å². The van der Waals surface area contributed by atoms with E-state index in [2.05, 4.69) is 39.0 Å². The van der Waals surface area contributed by atoms with E-state index in [-0.39, 0.29) is 0 Å². The van der Waals surface area contributed by atoms with Crippen molar-refractivity contribution in [2.75, 3.05) is 19.6 Å². The van der Waals surface area contributed by atoms with Crippen LogP contribution in [0.3, 0.4) is 0 Å². The Bertz CT molecular complexity index is 348. The zero-order valence-corrected chi connectivity index (χ0v) is 11.7. The predicted octanol–water partition coefficient (Wildman–Crippen LogP) is 1.55. The third-order valence-corrected chi connectivity index (χ3v) is 2.69. The normalized spacial score (nSPS) is 10.2. The molecule has 1 aromatic rings. The van der Waals surface area contributed by atoms with E-state index in [0.717, 1.165) is 50.8 Å². The summed E-state index contributed by atoms with van der Waals surface area (Å²) < 4.78 is 2.18. The van der Waals surface area contributed by atoms with Crippen LogP contribution in [-0.4, -0.2) is 35.1 Å². The second-order valence-electron chi connectivity index (χ2n) is 4.17. The van der Waals surface area contributed by atoms with Gasteiger partial charge in [-0.1, -0.05) is 0 Å². The standard InChI is InChI=1S/C13H25N5/c1-4-14-13(15-5-2)17-8-6-7-10-18-11-9-16-12(18)3/h9,11H,4-8,10H2,1-3H3,(H2,14,15,17). The summed E-state index contributed by atoms with van der Waals surface area (Å²) in [7, 11) is 0. The Morgan fingerprint density at radius 3 is 2.56 bits per heavy atom. The van der Waals surface area contributed by atoms with Crippen LogP contribution in [-0.2, 0) is 6.54 Å². The number of hydrogen-bond donors (Lipinski definition) is 2. The highest BCUT2D eigenvalue weighted by atomic mass is 15.2. The SMILES string of the molecule is CCNC(=NCCCCn1ccnc1C)NCC. The van der Waals surface area contributed by atoms with E-state index >= 15 is 0 Å². The zero-order chi connectivity index (χ0) is 13.2. The molecule has 1 heterocycles. The topological polar surface area (TPSA) is 54.2 Å². The highest BCUT2D eigenvalue weighted by Gasteiger charge is 1.97. The summed E-state index contributed by atoms with van der Waals surface area (Å²) in [5.41, 5.74) is 0. The lowest BCUT2D eigenvalue weighted by Crippen LogP contribution is -2.37. The molecule has 18 heavy (non-hydrogen) atoms. The Labute approximate surface area is 110 Å². The maximum atomic E-state index is 4.51. The minimum absolute atomic E-state index is 0.864. The number of aromatic nitrogens is 2. The number of guanidine groups is 1. The van der Waals surface area contributed by atoms with E-state index in [9.17, 15) is 0 Å². The van der Waals surface area contributed by atoms with Crippen molar-refractivity contribution in [1.29, 1.82) is 0 Å². The van der Waals surface area contributed by atoms with Crippen molar-refractivity contribution < 1.29 is 0 Å². The molecule has 0 saturated carbocycles. The van der Waals surface area contributed by atoms with Crippen molar-refractivity contribution in [2.24, 2.45) is 4.99 Å². The van der Waals surface area contributed by atoms with E-state index in [1.165, 1.54) is 0 Å². The Kier molecular flexibility index (Phi) is 6.91. The molecule has 0 aliphatic rings. The number of nitrogens with one attached hydrogen (secondary N) is 2. The summed E-state index contributed by atoms with van der Waals surface area (Å²) >= 11 is 0. The van der Waals surface area contributed by atoms with Gasteiger partial charge in [-0.15, -0.1) is 0 Å². The molecular formula is C13H25N5. The van der Waals surface area contributed by atoms with Crippen LogP contribution in [0.2, 0.25) is 0 Å². The van der Waals surface area contributed by atoms with E-state index in [0.29, 0.717) is 0 Å². The molecule has 102 valence electrons. The first kappa shape index (κ1) is 14.5. The molecule has 0 bridgehead atoms. The fraction of sp³-hybridized carbons (Fsp3) is 0.692. The lowest BCUT2D eigenvalue weighted by molar-refractivity contribution is 0.600.